The summed E-state index contributed by atoms with van der Waals surface area (Å²) in [4.78, 5) is 13.5. The molecule has 0 saturated heterocycles. The number of benzene rings is 2. The van der Waals surface area contributed by atoms with E-state index in [1.807, 2.05) is 36.5 Å². The molecule has 35 heavy (non-hydrogen) atoms. The second-order valence-electron chi connectivity index (χ2n) is 9.55. The molecule has 0 radical (unpaired) electrons. The first-order chi connectivity index (χ1) is 16.9. The van der Waals surface area contributed by atoms with Crippen LogP contribution < -0.4 is 0 Å². The van der Waals surface area contributed by atoms with Crippen LogP contribution in [0.1, 0.15) is 0 Å². The van der Waals surface area contributed by atoms with Gasteiger partial charge < -0.3 is 9.15 Å². The molecule has 0 unspecified atom stereocenters. The molecule has 3 heterocycles. The van der Waals surface area contributed by atoms with E-state index < -0.39 is 8.07 Å². The third kappa shape index (κ3) is 5.20. The van der Waals surface area contributed by atoms with Crippen LogP contribution in [0.15, 0.2) is 71.5 Å². The first kappa shape index (κ1) is 23.1. The third-order valence-electron chi connectivity index (χ3n) is 5.57. The number of nitrogens with zero attached hydrogens (tertiary/aromatic N) is 5. The number of aromatic nitrogens is 5. The minimum Gasteiger partial charge on any atom is -0.418 e. The van der Waals surface area contributed by atoms with Crippen molar-refractivity contribution >= 4 is 19.3 Å². The zero-order valence-corrected chi connectivity index (χ0v) is 20.9. The van der Waals surface area contributed by atoms with E-state index in [0.717, 1.165) is 22.7 Å². The Bertz CT molecular complexity index is 1440. The van der Waals surface area contributed by atoms with Crippen LogP contribution in [0.2, 0.25) is 25.7 Å². The summed E-state index contributed by atoms with van der Waals surface area (Å²) in [7, 11) is -1.19. The van der Waals surface area contributed by atoms with Gasteiger partial charge in [-0.3, -0.25) is 0 Å². The molecule has 0 bridgehead atoms. The molecular formula is C26H26FN5O2Si. The Morgan fingerprint density at radius 1 is 0.943 bits per heavy atom. The monoisotopic (exact) mass is 487 g/mol. The molecule has 0 fully saturated rings. The van der Waals surface area contributed by atoms with E-state index in [0.29, 0.717) is 41.8 Å². The highest BCUT2D eigenvalue weighted by atomic mass is 28.3. The molecule has 5 rings (SSSR count). The number of fused-ring (bicyclic) bond motifs is 1. The highest BCUT2D eigenvalue weighted by Crippen LogP contribution is 2.35. The summed E-state index contributed by atoms with van der Waals surface area (Å²) in [5.74, 6) is 0.158. The summed E-state index contributed by atoms with van der Waals surface area (Å²) in [5.41, 5.74) is 4.52. The average Bonchev–Trinajstić information content (AvgIpc) is 3.47. The van der Waals surface area contributed by atoms with Crippen LogP contribution in [0.4, 0.5) is 4.39 Å². The van der Waals surface area contributed by atoms with Crippen molar-refractivity contribution in [1.82, 2.24) is 24.7 Å². The van der Waals surface area contributed by atoms with Crippen LogP contribution in [-0.4, -0.2) is 39.4 Å². The van der Waals surface area contributed by atoms with Gasteiger partial charge in [0.1, 0.15) is 30.3 Å². The number of oxazole rings is 1. The summed E-state index contributed by atoms with van der Waals surface area (Å²) in [6.45, 7) is 7.93. The maximum atomic E-state index is 13.6. The van der Waals surface area contributed by atoms with Crippen LogP contribution in [0.5, 0.6) is 0 Å². The summed E-state index contributed by atoms with van der Waals surface area (Å²) in [6.07, 6.45) is 3.33. The molecule has 3 aromatic heterocycles. The predicted octanol–water partition coefficient (Wildman–Crippen LogP) is 6.27. The fourth-order valence-electron chi connectivity index (χ4n) is 3.67. The first-order valence-electron chi connectivity index (χ1n) is 11.5. The number of hydrogen-bond donors (Lipinski definition) is 0. The smallest absolute Gasteiger partial charge is 0.251 e. The van der Waals surface area contributed by atoms with E-state index in [1.165, 1.54) is 18.5 Å². The van der Waals surface area contributed by atoms with Gasteiger partial charge in [-0.15, -0.1) is 0 Å². The van der Waals surface area contributed by atoms with Gasteiger partial charge in [0.2, 0.25) is 5.89 Å². The summed E-state index contributed by atoms with van der Waals surface area (Å²) >= 11 is 0. The Morgan fingerprint density at radius 2 is 1.71 bits per heavy atom. The summed E-state index contributed by atoms with van der Waals surface area (Å²) in [5, 5.41) is 4.75. The van der Waals surface area contributed by atoms with Crippen molar-refractivity contribution in [2.45, 2.75) is 32.4 Å². The third-order valence-corrected chi connectivity index (χ3v) is 7.27. The Balaban J connectivity index is 1.55. The van der Waals surface area contributed by atoms with Crippen LogP contribution in [0.25, 0.3) is 45.2 Å². The van der Waals surface area contributed by atoms with Gasteiger partial charge >= 0.3 is 0 Å². The van der Waals surface area contributed by atoms with Gasteiger partial charge in [-0.25, -0.2) is 19.0 Å². The zero-order valence-electron chi connectivity index (χ0n) is 19.9. The van der Waals surface area contributed by atoms with Crippen LogP contribution in [0.3, 0.4) is 0 Å². The second kappa shape index (κ2) is 9.51. The molecule has 7 nitrogen and oxygen atoms in total. The number of halogens is 1. The molecule has 178 valence electrons. The first-order valence-corrected chi connectivity index (χ1v) is 15.2. The van der Waals surface area contributed by atoms with Crippen LogP contribution >= 0.6 is 0 Å². The molecule has 0 aliphatic rings. The highest BCUT2D eigenvalue weighted by molar-refractivity contribution is 6.76. The minimum atomic E-state index is -1.19. The van der Waals surface area contributed by atoms with Crippen molar-refractivity contribution < 1.29 is 13.5 Å². The van der Waals surface area contributed by atoms with E-state index in [1.54, 1.807) is 16.8 Å². The van der Waals surface area contributed by atoms with Crippen molar-refractivity contribution in [3.05, 3.63) is 72.9 Å². The SMILES string of the molecule is C[Si](C)(C)CCOCn1cc(-c2ncnc3oc(-c4ccccc4)nc23)c(-c2ccc(F)cc2)n1. The van der Waals surface area contributed by atoms with E-state index in [2.05, 4.69) is 29.6 Å². The fourth-order valence-corrected chi connectivity index (χ4v) is 4.43. The van der Waals surface area contributed by atoms with Crippen LogP contribution in [0, 0.1) is 5.82 Å². The molecule has 0 amide bonds. The van der Waals surface area contributed by atoms with Crippen molar-refractivity contribution in [2.75, 3.05) is 6.61 Å². The lowest BCUT2D eigenvalue weighted by atomic mass is 10.1. The van der Waals surface area contributed by atoms with Gasteiger partial charge in [-0.05, 0) is 42.4 Å². The van der Waals surface area contributed by atoms with E-state index >= 15 is 0 Å². The molecule has 0 spiro atoms. The van der Waals surface area contributed by atoms with Crippen molar-refractivity contribution in [3.8, 4) is 34.0 Å². The largest absolute Gasteiger partial charge is 0.418 e. The van der Waals surface area contributed by atoms with Crippen molar-refractivity contribution in [1.29, 1.82) is 0 Å². The molecule has 0 saturated carbocycles. The standard InChI is InChI=1S/C26H26FN5O2Si/c1-35(2,3)14-13-33-17-32-15-21(22(31-32)18-9-11-20(27)12-10-18)23-24-26(29-16-28-23)34-25(30-24)19-7-5-4-6-8-19/h4-12,15-16H,13-14,17H2,1-3H3. The fraction of sp³-hybridized carbons (Fsp3) is 0.231. The topological polar surface area (TPSA) is 78.9 Å². The van der Waals surface area contributed by atoms with E-state index in [-0.39, 0.29) is 5.82 Å². The Morgan fingerprint density at radius 3 is 2.46 bits per heavy atom. The Hall–Kier alpha value is -3.69. The maximum Gasteiger partial charge on any atom is 0.251 e. The Labute approximate surface area is 203 Å². The minimum absolute atomic E-state index is 0.307. The number of ether oxygens (including phenoxy) is 1. The molecule has 0 N–H and O–H groups in total. The van der Waals surface area contributed by atoms with Crippen molar-refractivity contribution in [2.24, 2.45) is 0 Å². The quantitative estimate of drug-likeness (QED) is 0.190. The summed E-state index contributed by atoms with van der Waals surface area (Å²) in [6, 6.07) is 17.0. The maximum absolute atomic E-state index is 13.6. The highest BCUT2D eigenvalue weighted by Gasteiger charge is 2.21. The molecule has 0 aliphatic carbocycles. The molecule has 5 aromatic rings. The number of rotatable bonds is 8. The van der Waals surface area contributed by atoms with Gasteiger partial charge in [0, 0.05) is 37.6 Å². The lowest BCUT2D eigenvalue weighted by Crippen LogP contribution is -2.22. The molecule has 2 aromatic carbocycles. The lowest BCUT2D eigenvalue weighted by Gasteiger charge is -2.15. The van der Waals surface area contributed by atoms with E-state index in [4.69, 9.17) is 19.2 Å². The van der Waals surface area contributed by atoms with E-state index in [9.17, 15) is 4.39 Å². The average molecular weight is 488 g/mol. The molecule has 9 heteroatoms. The van der Waals surface area contributed by atoms with Gasteiger partial charge in [0.25, 0.3) is 5.71 Å². The predicted molar refractivity (Wildman–Crippen MR) is 136 cm³/mol. The van der Waals surface area contributed by atoms with Crippen molar-refractivity contribution in [3.63, 3.8) is 0 Å². The van der Waals surface area contributed by atoms with Gasteiger partial charge in [-0.2, -0.15) is 10.1 Å². The van der Waals surface area contributed by atoms with Gasteiger partial charge in [0.05, 0.1) is 0 Å². The van der Waals surface area contributed by atoms with Crippen LogP contribution in [-0.2, 0) is 11.5 Å². The molecule has 0 aliphatic heterocycles. The Kier molecular flexibility index (Phi) is 6.27. The lowest BCUT2D eigenvalue weighted by molar-refractivity contribution is 0.0788. The molecule has 0 atom stereocenters. The molecular weight excluding hydrogens is 461 g/mol. The zero-order chi connectivity index (χ0) is 24.4. The number of hydrogen-bond acceptors (Lipinski definition) is 6. The van der Waals surface area contributed by atoms with Gasteiger partial charge in [-0.1, -0.05) is 37.8 Å². The second-order valence-corrected chi connectivity index (χ2v) is 15.2. The normalized spacial score (nSPS) is 11.9. The van der Waals surface area contributed by atoms with Gasteiger partial charge in [0.15, 0.2) is 5.52 Å². The summed E-state index contributed by atoms with van der Waals surface area (Å²) < 4.78 is 27.2.